The molecule has 2 aromatic rings. The van der Waals surface area contributed by atoms with Crippen molar-refractivity contribution < 1.29 is 9.18 Å². The standard InChI is InChI=1S/C18H14FNO/c1-13(15-7-9-17(19)10-8-15)2-11-18(21)16-5-3-14(12-20)4-6-16/h2-11,13H,1H3/b11-2+. The Morgan fingerprint density at radius 2 is 1.76 bits per heavy atom. The molecule has 1 atom stereocenters. The number of hydrogen-bond donors (Lipinski definition) is 0. The number of nitriles is 1. The molecule has 2 rings (SSSR count). The molecule has 0 spiro atoms. The highest BCUT2D eigenvalue weighted by Crippen LogP contribution is 2.17. The minimum atomic E-state index is -0.274. The van der Waals surface area contributed by atoms with Gasteiger partial charge >= 0.3 is 0 Å². The van der Waals surface area contributed by atoms with Crippen LogP contribution in [-0.4, -0.2) is 5.78 Å². The molecule has 104 valence electrons. The van der Waals surface area contributed by atoms with Crippen molar-refractivity contribution in [2.75, 3.05) is 0 Å². The van der Waals surface area contributed by atoms with E-state index < -0.39 is 0 Å². The molecule has 0 aliphatic rings. The van der Waals surface area contributed by atoms with Crippen LogP contribution in [-0.2, 0) is 0 Å². The van der Waals surface area contributed by atoms with E-state index >= 15 is 0 Å². The molecule has 0 aliphatic carbocycles. The lowest BCUT2D eigenvalue weighted by Crippen LogP contribution is -1.96. The number of halogens is 1. The zero-order valence-corrected chi connectivity index (χ0v) is 11.6. The predicted octanol–water partition coefficient (Wildman–Crippen LogP) is 4.24. The van der Waals surface area contributed by atoms with E-state index in [1.165, 1.54) is 18.2 Å². The summed E-state index contributed by atoms with van der Waals surface area (Å²) in [5.41, 5.74) is 2.01. The van der Waals surface area contributed by atoms with Crippen molar-refractivity contribution in [2.24, 2.45) is 0 Å². The van der Waals surface area contributed by atoms with Gasteiger partial charge in [0.15, 0.2) is 5.78 Å². The van der Waals surface area contributed by atoms with E-state index in [0.29, 0.717) is 11.1 Å². The summed E-state index contributed by atoms with van der Waals surface area (Å²) < 4.78 is 12.9. The van der Waals surface area contributed by atoms with Gasteiger partial charge in [0.2, 0.25) is 0 Å². The van der Waals surface area contributed by atoms with Crippen molar-refractivity contribution in [3.63, 3.8) is 0 Å². The van der Waals surface area contributed by atoms with Crippen molar-refractivity contribution in [3.05, 3.63) is 83.2 Å². The fourth-order valence-electron chi connectivity index (χ4n) is 1.91. The number of nitrogens with zero attached hydrogens (tertiary/aromatic N) is 1. The van der Waals surface area contributed by atoms with Gasteiger partial charge in [-0.25, -0.2) is 4.39 Å². The Morgan fingerprint density at radius 1 is 1.14 bits per heavy atom. The minimum Gasteiger partial charge on any atom is -0.289 e. The highest BCUT2D eigenvalue weighted by molar-refractivity contribution is 6.04. The van der Waals surface area contributed by atoms with Gasteiger partial charge in [-0.3, -0.25) is 4.79 Å². The fraction of sp³-hybridized carbons (Fsp3) is 0.111. The Balaban J connectivity index is 2.07. The van der Waals surface area contributed by atoms with Crippen molar-refractivity contribution in [3.8, 4) is 6.07 Å². The van der Waals surface area contributed by atoms with Gasteiger partial charge in [-0.15, -0.1) is 0 Å². The lowest BCUT2D eigenvalue weighted by atomic mass is 9.99. The van der Waals surface area contributed by atoms with E-state index in [2.05, 4.69) is 0 Å². The van der Waals surface area contributed by atoms with E-state index in [-0.39, 0.29) is 17.5 Å². The summed E-state index contributed by atoms with van der Waals surface area (Å²) in [6, 6.07) is 14.7. The smallest absolute Gasteiger partial charge is 0.185 e. The molecule has 0 aliphatic heterocycles. The average molecular weight is 279 g/mol. The van der Waals surface area contributed by atoms with Crippen LogP contribution in [0.4, 0.5) is 4.39 Å². The third-order valence-electron chi connectivity index (χ3n) is 3.23. The molecule has 0 saturated carbocycles. The molecule has 3 heteroatoms. The van der Waals surface area contributed by atoms with Crippen molar-refractivity contribution in [1.29, 1.82) is 5.26 Å². The summed E-state index contributed by atoms with van der Waals surface area (Å²) in [4.78, 5) is 12.0. The number of hydrogen-bond acceptors (Lipinski definition) is 2. The first kappa shape index (κ1) is 14.7. The van der Waals surface area contributed by atoms with Crippen LogP contribution in [0.5, 0.6) is 0 Å². The maximum atomic E-state index is 12.9. The predicted molar refractivity (Wildman–Crippen MR) is 79.4 cm³/mol. The second-order valence-corrected chi connectivity index (χ2v) is 4.75. The van der Waals surface area contributed by atoms with Gasteiger partial charge in [0.05, 0.1) is 11.6 Å². The van der Waals surface area contributed by atoms with E-state index in [0.717, 1.165) is 5.56 Å². The van der Waals surface area contributed by atoms with Crippen LogP contribution < -0.4 is 0 Å². The van der Waals surface area contributed by atoms with Crippen LogP contribution in [0.1, 0.15) is 34.3 Å². The summed E-state index contributed by atoms with van der Waals surface area (Å²) in [5.74, 6) is -0.370. The largest absolute Gasteiger partial charge is 0.289 e. The molecule has 0 aromatic heterocycles. The first-order valence-corrected chi connectivity index (χ1v) is 6.58. The second kappa shape index (κ2) is 6.62. The Hall–Kier alpha value is -2.73. The zero-order chi connectivity index (χ0) is 15.2. The van der Waals surface area contributed by atoms with Crippen LogP contribution >= 0.6 is 0 Å². The molecule has 2 aromatic carbocycles. The Kier molecular flexibility index (Phi) is 4.63. The lowest BCUT2D eigenvalue weighted by molar-refractivity contribution is 0.104. The normalized spacial score (nSPS) is 12.0. The molecule has 0 N–H and O–H groups in total. The summed E-state index contributed by atoms with van der Waals surface area (Å²) in [5, 5.41) is 8.71. The molecular formula is C18H14FNO. The van der Waals surface area contributed by atoms with E-state index in [4.69, 9.17) is 5.26 Å². The first-order chi connectivity index (χ1) is 10.1. The third-order valence-corrected chi connectivity index (χ3v) is 3.23. The van der Waals surface area contributed by atoms with Crippen LogP contribution in [0.2, 0.25) is 0 Å². The van der Waals surface area contributed by atoms with Crippen molar-refractivity contribution >= 4 is 5.78 Å². The molecule has 0 fully saturated rings. The van der Waals surface area contributed by atoms with Gasteiger partial charge in [-0.05, 0) is 54.0 Å². The van der Waals surface area contributed by atoms with Gasteiger partial charge in [0.25, 0.3) is 0 Å². The number of benzene rings is 2. The van der Waals surface area contributed by atoms with Gasteiger partial charge in [0, 0.05) is 5.56 Å². The monoisotopic (exact) mass is 279 g/mol. The van der Waals surface area contributed by atoms with Crippen LogP contribution in [0, 0.1) is 17.1 Å². The van der Waals surface area contributed by atoms with E-state index in [1.807, 2.05) is 13.0 Å². The molecule has 21 heavy (non-hydrogen) atoms. The maximum Gasteiger partial charge on any atom is 0.185 e. The van der Waals surface area contributed by atoms with Gasteiger partial charge in [-0.1, -0.05) is 25.1 Å². The average Bonchev–Trinajstić information content (AvgIpc) is 2.53. The SMILES string of the molecule is CC(/C=C/C(=O)c1ccc(C#N)cc1)c1ccc(F)cc1. The molecule has 0 radical (unpaired) electrons. The molecular weight excluding hydrogens is 265 g/mol. The first-order valence-electron chi connectivity index (χ1n) is 6.58. The fourth-order valence-corrected chi connectivity index (χ4v) is 1.91. The number of allylic oxidation sites excluding steroid dienone is 2. The molecule has 0 heterocycles. The van der Waals surface area contributed by atoms with E-state index in [9.17, 15) is 9.18 Å². The second-order valence-electron chi connectivity index (χ2n) is 4.75. The van der Waals surface area contributed by atoms with Gasteiger partial charge in [0.1, 0.15) is 5.82 Å². The molecule has 0 saturated heterocycles. The Morgan fingerprint density at radius 3 is 2.33 bits per heavy atom. The summed E-state index contributed by atoms with van der Waals surface area (Å²) in [7, 11) is 0. The van der Waals surface area contributed by atoms with Gasteiger partial charge < -0.3 is 0 Å². The van der Waals surface area contributed by atoms with Gasteiger partial charge in [-0.2, -0.15) is 5.26 Å². The minimum absolute atomic E-state index is 0.0212. The molecule has 0 amide bonds. The summed E-state index contributed by atoms with van der Waals surface area (Å²) in [6.45, 7) is 1.94. The van der Waals surface area contributed by atoms with Crippen LogP contribution in [0.25, 0.3) is 0 Å². The molecule has 2 nitrogen and oxygen atoms in total. The van der Waals surface area contributed by atoms with E-state index in [1.54, 1.807) is 42.5 Å². The Bertz CT molecular complexity index is 693. The molecule has 0 bridgehead atoms. The molecule has 1 unspecified atom stereocenters. The van der Waals surface area contributed by atoms with Crippen molar-refractivity contribution in [2.45, 2.75) is 12.8 Å². The van der Waals surface area contributed by atoms with Crippen molar-refractivity contribution in [1.82, 2.24) is 0 Å². The maximum absolute atomic E-state index is 12.9. The van der Waals surface area contributed by atoms with Crippen LogP contribution in [0.3, 0.4) is 0 Å². The number of carbonyl (C=O) groups excluding carboxylic acids is 1. The highest BCUT2D eigenvalue weighted by Gasteiger charge is 2.05. The zero-order valence-electron chi connectivity index (χ0n) is 11.6. The lowest BCUT2D eigenvalue weighted by Gasteiger charge is -2.06. The van der Waals surface area contributed by atoms with Crippen LogP contribution in [0.15, 0.2) is 60.7 Å². The third kappa shape index (κ3) is 3.87. The summed E-state index contributed by atoms with van der Waals surface area (Å²) in [6.07, 6.45) is 3.29. The Labute approximate surface area is 123 Å². The number of ketones is 1. The topological polar surface area (TPSA) is 40.9 Å². The number of carbonyl (C=O) groups is 1. The summed E-state index contributed by atoms with van der Waals surface area (Å²) >= 11 is 0. The quantitative estimate of drug-likeness (QED) is 0.620. The number of rotatable bonds is 4. The highest BCUT2D eigenvalue weighted by atomic mass is 19.1.